The molecule has 0 spiro atoms. The van der Waals surface area contributed by atoms with E-state index < -0.39 is 30.4 Å². The maximum absolute atomic E-state index is 12.7. The van der Waals surface area contributed by atoms with E-state index in [0.29, 0.717) is 0 Å². The Morgan fingerprint density at radius 3 is 2.54 bits per heavy atom. The Hall–Kier alpha value is -1.30. The van der Waals surface area contributed by atoms with Gasteiger partial charge in [0.1, 0.15) is 5.75 Å². The van der Waals surface area contributed by atoms with Gasteiger partial charge in [-0.1, -0.05) is 0 Å². The molecule has 1 aromatic heterocycles. The quantitative estimate of drug-likeness (QED) is 0.697. The third-order valence-electron chi connectivity index (χ3n) is 1.43. The lowest BCUT2D eigenvalue weighted by atomic mass is 10.2. The van der Waals surface area contributed by atoms with Gasteiger partial charge >= 0.3 is 0 Å². The van der Waals surface area contributed by atoms with Crippen LogP contribution in [-0.4, -0.2) is 15.2 Å². The van der Waals surface area contributed by atoms with Gasteiger partial charge in [0.25, 0.3) is 6.43 Å². The number of aromatic nitrogens is 1. The van der Waals surface area contributed by atoms with Gasteiger partial charge in [0.05, 0.1) is 6.61 Å². The summed E-state index contributed by atoms with van der Waals surface area (Å²) in [5.74, 6) is -2.02. The predicted octanol–water partition coefficient (Wildman–Crippen LogP) is 1.36. The number of rotatable bonds is 2. The van der Waals surface area contributed by atoms with Crippen molar-refractivity contribution in [3.05, 3.63) is 23.3 Å². The molecule has 0 saturated carbocycles. The molecular formula is C7H6F3NO2. The summed E-state index contributed by atoms with van der Waals surface area (Å²) in [5, 5.41) is 17.4. The summed E-state index contributed by atoms with van der Waals surface area (Å²) in [7, 11) is 0. The molecule has 0 aromatic carbocycles. The highest BCUT2D eigenvalue weighted by Crippen LogP contribution is 2.27. The van der Waals surface area contributed by atoms with Crippen LogP contribution in [0.15, 0.2) is 6.07 Å². The van der Waals surface area contributed by atoms with Gasteiger partial charge < -0.3 is 10.2 Å². The van der Waals surface area contributed by atoms with Crippen molar-refractivity contribution in [3.8, 4) is 5.75 Å². The largest absolute Gasteiger partial charge is 0.506 e. The first-order valence-electron chi connectivity index (χ1n) is 3.33. The van der Waals surface area contributed by atoms with E-state index >= 15 is 0 Å². The first kappa shape index (κ1) is 9.79. The van der Waals surface area contributed by atoms with Crippen LogP contribution in [0.5, 0.6) is 5.75 Å². The van der Waals surface area contributed by atoms with Crippen LogP contribution in [0.25, 0.3) is 0 Å². The van der Waals surface area contributed by atoms with Gasteiger partial charge in [0.15, 0.2) is 5.69 Å². The van der Waals surface area contributed by atoms with Crippen LogP contribution in [0.4, 0.5) is 13.2 Å². The third-order valence-corrected chi connectivity index (χ3v) is 1.43. The fourth-order valence-electron chi connectivity index (χ4n) is 0.805. The van der Waals surface area contributed by atoms with Gasteiger partial charge in [-0.25, -0.2) is 13.8 Å². The summed E-state index contributed by atoms with van der Waals surface area (Å²) >= 11 is 0. The SMILES string of the molecule is OCc1cc(O)c(C(F)F)nc1F. The Kier molecular flexibility index (Phi) is 2.72. The Morgan fingerprint density at radius 2 is 2.08 bits per heavy atom. The lowest BCUT2D eigenvalue weighted by Gasteiger charge is -2.04. The maximum atomic E-state index is 12.7. The van der Waals surface area contributed by atoms with E-state index in [0.717, 1.165) is 6.07 Å². The summed E-state index contributed by atoms with van der Waals surface area (Å²) in [4.78, 5) is 2.82. The smallest absolute Gasteiger partial charge is 0.284 e. The first-order chi connectivity index (χ1) is 6.06. The van der Waals surface area contributed by atoms with Crippen molar-refractivity contribution in [1.29, 1.82) is 0 Å². The molecule has 1 aromatic rings. The van der Waals surface area contributed by atoms with Crippen LogP contribution < -0.4 is 0 Å². The van der Waals surface area contributed by atoms with Crippen LogP contribution in [0.3, 0.4) is 0 Å². The van der Waals surface area contributed by atoms with Gasteiger partial charge in [-0.2, -0.15) is 4.39 Å². The second kappa shape index (κ2) is 3.61. The van der Waals surface area contributed by atoms with Gasteiger partial charge in [-0.05, 0) is 6.07 Å². The van der Waals surface area contributed by atoms with Crippen molar-refractivity contribution in [1.82, 2.24) is 4.98 Å². The highest BCUT2D eigenvalue weighted by Gasteiger charge is 2.17. The molecule has 3 nitrogen and oxygen atoms in total. The average molecular weight is 193 g/mol. The van der Waals surface area contributed by atoms with Crippen LogP contribution in [0.2, 0.25) is 0 Å². The summed E-state index contributed by atoms with van der Waals surface area (Å²) in [6, 6.07) is 0.726. The topological polar surface area (TPSA) is 53.4 Å². The molecule has 0 amide bonds. The normalized spacial score (nSPS) is 10.8. The molecule has 0 aliphatic carbocycles. The van der Waals surface area contributed by atoms with E-state index in [1.807, 2.05) is 0 Å². The molecule has 72 valence electrons. The van der Waals surface area contributed by atoms with Crippen molar-refractivity contribution in [2.24, 2.45) is 0 Å². The Morgan fingerprint density at radius 1 is 1.46 bits per heavy atom. The maximum Gasteiger partial charge on any atom is 0.284 e. The zero-order chi connectivity index (χ0) is 10.0. The van der Waals surface area contributed by atoms with E-state index in [9.17, 15) is 13.2 Å². The molecule has 0 aliphatic rings. The molecule has 1 rings (SSSR count). The van der Waals surface area contributed by atoms with E-state index in [-0.39, 0.29) is 5.56 Å². The minimum absolute atomic E-state index is 0.318. The zero-order valence-electron chi connectivity index (χ0n) is 6.34. The third kappa shape index (κ3) is 1.89. The monoisotopic (exact) mass is 193 g/mol. The van der Waals surface area contributed by atoms with Gasteiger partial charge in [0.2, 0.25) is 5.95 Å². The highest BCUT2D eigenvalue weighted by atomic mass is 19.3. The van der Waals surface area contributed by atoms with Gasteiger partial charge in [0, 0.05) is 5.56 Å². The summed E-state index contributed by atoms with van der Waals surface area (Å²) in [6.45, 7) is -0.699. The number of aromatic hydroxyl groups is 1. The summed E-state index contributed by atoms with van der Waals surface area (Å²) < 4.78 is 36.7. The highest BCUT2D eigenvalue weighted by molar-refractivity contribution is 5.31. The number of hydrogen-bond donors (Lipinski definition) is 2. The number of halogens is 3. The van der Waals surface area contributed by atoms with Crippen LogP contribution in [-0.2, 0) is 6.61 Å². The average Bonchev–Trinajstić information content (AvgIpc) is 2.07. The Labute approximate surface area is 71.5 Å². The minimum Gasteiger partial charge on any atom is -0.506 e. The number of aliphatic hydroxyl groups is 1. The minimum atomic E-state index is -3.04. The summed E-state index contributed by atoms with van der Waals surface area (Å²) in [6.07, 6.45) is -3.04. The van der Waals surface area contributed by atoms with E-state index in [1.165, 1.54) is 0 Å². The van der Waals surface area contributed by atoms with Gasteiger partial charge in [-0.15, -0.1) is 0 Å². The van der Waals surface area contributed by atoms with Crippen LogP contribution in [0.1, 0.15) is 17.7 Å². The molecule has 0 fully saturated rings. The molecule has 13 heavy (non-hydrogen) atoms. The van der Waals surface area contributed by atoms with Crippen molar-refractivity contribution in [2.75, 3.05) is 0 Å². The van der Waals surface area contributed by atoms with Crippen LogP contribution in [0, 0.1) is 5.95 Å². The molecule has 0 radical (unpaired) electrons. The second-order valence-corrected chi connectivity index (χ2v) is 2.30. The molecule has 6 heteroatoms. The Bertz CT molecular complexity index is 317. The predicted molar refractivity (Wildman–Crippen MR) is 36.7 cm³/mol. The fraction of sp³-hybridized carbons (Fsp3) is 0.286. The van der Waals surface area contributed by atoms with Crippen molar-refractivity contribution in [3.63, 3.8) is 0 Å². The van der Waals surface area contributed by atoms with E-state index in [1.54, 1.807) is 0 Å². The fourth-order valence-corrected chi connectivity index (χ4v) is 0.805. The lowest BCUT2D eigenvalue weighted by molar-refractivity contribution is 0.140. The number of aliphatic hydroxyl groups excluding tert-OH is 1. The summed E-state index contributed by atoms with van der Waals surface area (Å²) in [5.41, 5.74) is -1.34. The number of pyridine rings is 1. The number of alkyl halides is 2. The second-order valence-electron chi connectivity index (χ2n) is 2.30. The van der Waals surface area contributed by atoms with Crippen molar-refractivity contribution in [2.45, 2.75) is 13.0 Å². The zero-order valence-corrected chi connectivity index (χ0v) is 6.34. The van der Waals surface area contributed by atoms with E-state index in [4.69, 9.17) is 10.2 Å². The molecular weight excluding hydrogens is 187 g/mol. The van der Waals surface area contributed by atoms with Crippen molar-refractivity contribution < 1.29 is 23.4 Å². The van der Waals surface area contributed by atoms with E-state index in [2.05, 4.69) is 4.98 Å². The molecule has 0 bridgehead atoms. The van der Waals surface area contributed by atoms with Gasteiger partial charge in [-0.3, -0.25) is 0 Å². The number of hydrogen-bond acceptors (Lipinski definition) is 3. The van der Waals surface area contributed by atoms with Crippen LogP contribution >= 0.6 is 0 Å². The first-order valence-corrected chi connectivity index (χ1v) is 3.33. The van der Waals surface area contributed by atoms with Crippen molar-refractivity contribution >= 4 is 0 Å². The molecule has 0 unspecified atom stereocenters. The molecule has 0 aliphatic heterocycles. The molecule has 2 N–H and O–H groups in total. The number of nitrogens with zero attached hydrogens (tertiary/aromatic N) is 1. The standard InChI is InChI=1S/C7H6F3NO2/c8-6(9)5-4(13)1-3(2-12)7(10)11-5/h1,6,12-13H,2H2. The molecule has 0 saturated heterocycles. The molecule has 0 atom stereocenters. The Balaban J connectivity index is 3.20. The molecule has 1 heterocycles. The lowest BCUT2D eigenvalue weighted by Crippen LogP contribution is -1.99.